The lowest BCUT2D eigenvalue weighted by Gasteiger charge is -2.25. The second-order valence-electron chi connectivity index (χ2n) is 8.75. The van der Waals surface area contributed by atoms with Crippen LogP contribution in [0.4, 0.5) is 9.93 Å². The van der Waals surface area contributed by atoms with Gasteiger partial charge in [0, 0.05) is 28.3 Å². The standard InChI is InChI=1S/C26H26N4O4S2/c1-16-30(26(33)34-13-17-5-3-2-4-6-17)22(15-35-16)24(32)29-25-28-21(14-36-25)18-7-9-19(10-8-18)23(31)27-20-11-12-20/h2-10,14,16,20,22H,11-13,15H2,1H3,(H,27,31)(H,28,29,32)/t16?,22-/m0/s1. The number of carbonyl (C=O) groups excluding carboxylic acids is 3. The van der Waals surface area contributed by atoms with E-state index in [0.717, 1.165) is 24.0 Å². The van der Waals surface area contributed by atoms with Gasteiger partial charge in [0.25, 0.3) is 5.91 Å². The van der Waals surface area contributed by atoms with Gasteiger partial charge in [-0.1, -0.05) is 42.5 Å². The quantitative estimate of drug-likeness (QED) is 0.465. The van der Waals surface area contributed by atoms with Crippen molar-refractivity contribution in [2.45, 2.75) is 43.8 Å². The molecule has 2 aromatic carbocycles. The molecule has 36 heavy (non-hydrogen) atoms. The maximum Gasteiger partial charge on any atom is 0.411 e. The number of hydrogen-bond donors (Lipinski definition) is 2. The largest absolute Gasteiger partial charge is 0.445 e. The zero-order valence-electron chi connectivity index (χ0n) is 19.7. The molecule has 2 atom stereocenters. The van der Waals surface area contributed by atoms with Crippen LogP contribution in [0.3, 0.4) is 0 Å². The van der Waals surface area contributed by atoms with Crippen LogP contribution in [0.1, 0.15) is 35.7 Å². The van der Waals surface area contributed by atoms with E-state index in [2.05, 4.69) is 15.6 Å². The number of thioether (sulfide) groups is 1. The minimum atomic E-state index is -0.648. The number of carbonyl (C=O) groups is 3. The zero-order valence-corrected chi connectivity index (χ0v) is 21.3. The molecule has 1 aliphatic carbocycles. The molecule has 186 valence electrons. The molecule has 3 amide bonds. The van der Waals surface area contributed by atoms with Crippen molar-refractivity contribution in [1.82, 2.24) is 15.2 Å². The molecular formula is C26H26N4O4S2. The lowest BCUT2D eigenvalue weighted by Crippen LogP contribution is -2.47. The van der Waals surface area contributed by atoms with E-state index in [0.29, 0.717) is 28.2 Å². The second kappa shape index (κ2) is 10.7. The Labute approximate surface area is 217 Å². The maximum absolute atomic E-state index is 13.1. The average molecular weight is 523 g/mol. The van der Waals surface area contributed by atoms with E-state index in [1.807, 2.05) is 54.8 Å². The molecule has 3 aromatic rings. The molecule has 1 saturated heterocycles. The average Bonchev–Trinajstić information content (AvgIpc) is 3.43. The van der Waals surface area contributed by atoms with Crippen molar-refractivity contribution in [3.63, 3.8) is 0 Å². The molecule has 0 radical (unpaired) electrons. The maximum atomic E-state index is 13.1. The van der Waals surface area contributed by atoms with Gasteiger partial charge >= 0.3 is 6.09 Å². The topological polar surface area (TPSA) is 101 Å². The Kier molecular flexibility index (Phi) is 7.24. The first-order chi connectivity index (χ1) is 17.5. The summed E-state index contributed by atoms with van der Waals surface area (Å²) >= 11 is 2.84. The smallest absolute Gasteiger partial charge is 0.411 e. The van der Waals surface area contributed by atoms with Gasteiger partial charge in [-0.2, -0.15) is 0 Å². The third kappa shape index (κ3) is 5.71. The summed E-state index contributed by atoms with van der Waals surface area (Å²) in [6.07, 6.45) is 1.58. The number of hydrogen-bond acceptors (Lipinski definition) is 7. The Balaban J connectivity index is 1.19. The highest BCUT2D eigenvalue weighted by Crippen LogP contribution is 2.31. The number of anilines is 1. The van der Waals surface area contributed by atoms with Crippen molar-refractivity contribution in [3.8, 4) is 11.3 Å². The summed E-state index contributed by atoms with van der Waals surface area (Å²) < 4.78 is 5.48. The molecule has 2 aliphatic rings. The van der Waals surface area contributed by atoms with Crippen LogP contribution in [0.5, 0.6) is 0 Å². The highest BCUT2D eigenvalue weighted by molar-refractivity contribution is 8.00. The molecule has 0 spiro atoms. The molecule has 8 nitrogen and oxygen atoms in total. The van der Waals surface area contributed by atoms with Crippen molar-refractivity contribution in [2.75, 3.05) is 11.1 Å². The number of rotatable bonds is 7. The Morgan fingerprint density at radius 3 is 2.56 bits per heavy atom. The number of benzene rings is 2. The van der Waals surface area contributed by atoms with E-state index in [1.165, 1.54) is 28.0 Å². The minimum absolute atomic E-state index is 0.0641. The van der Waals surface area contributed by atoms with E-state index in [4.69, 9.17) is 4.74 Å². The second-order valence-corrected chi connectivity index (χ2v) is 11.0. The molecule has 5 rings (SSSR count). The van der Waals surface area contributed by atoms with Crippen molar-refractivity contribution < 1.29 is 19.1 Å². The summed E-state index contributed by atoms with van der Waals surface area (Å²) in [6.45, 7) is 2.04. The Bertz CT molecular complexity index is 1240. The first-order valence-electron chi connectivity index (χ1n) is 11.8. The van der Waals surface area contributed by atoms with Crippen molar-refractivity contribution in [3.05, 3.63) is 71.1 Å². The van der Waals surface area contributed by atoms with Crippen molar-refractivity contribution >= 4 is 46.1 Å². The summed E-state index contributed by atoms with van der Waals surface area (Å²) in [6, 6.07) is 16.4. The molecule has 2 heterocycles. The fourth-order valence-electron chi connectivity index (χ4n) is 3.86. The predicted molar refractivity (Wildman–Crippen MR) is 141 cm³/mol. The van der Waals surface area contributed by atoms with Gasteiger partial charge < -0.3 is 15.4 Å². The molecule has 1 aromatic heterocycles. The number of aromatic nitrogens is 1. The van der Waals surface area contributed by atoms with Crippen LogP contribution in [0.25, 0.3) is 11.3 Å². The normalized spacial score (nSPS) is 19.1. The summed E-state index contributed by atoms with van der Waals surface area (Å²) in [5.74, 6) is 0.123. The molecule has 1 aliphatic heterocycles. The van der Waals surface area contributed by atoms with Crippen molar-refractivity contribution in [2.24, 2.45) is 0 Å². The van der Waals surface area contributed by atoms with Crippen LogP contribution >= 0.6 is 23.1 Å². The van der Waals surface area contributed by atoms with Gasteiger partial charge in [0.15, 0.2) is 5.13 Å². The molecule has 10 heteroatoms. The molecule has 1 saturated carbocycles. The van der Waals surface area contributed by atoms with Crippen LogP contribution in [0.15, 0.2) is 60.0 Å². The molecular weight excluding hydrogens is 496 g/mol. The lowest BCUT2D eigenvalue weighted by atomic mass is 10.1. The fraction of sp³-hybridized carbons (Fsp3) is 0.308. The number of nitrogens with zero attached hydrogens (tertiary/aromatic N) is 2. The van der Waals surface area contributed by atoms with Crippen LogP contribution in [-0.2, 0) is 16.1 Å². The van der Waals surface area contributed by atoms with E-state index >= 15 is 0 Å². The zero-order chi connectivity index (χ0) is 25.1. The molecule has 2 fully saturated rings. The molecule has 1 unspecified atom stereocenters. The summed E-state index contributed by atoms with van der Waals surface area (Å²) in [7, 11) is 0. The fourth-order valence-corrected chi connectivity index (χ4v) is 5.75. The van der Waals surface area contributed by atoms with Gasteiger partial charge in [0.2, 0.25) is 5.91 Å². The summed E-state index contributed by atoms with van der Waals surface area (Å²) in [5, 5.41) is 7.96. The van der Waals surface area contributed by atoms with E-state index in [-0.39, 0.29) is 23.8 Å². The van der Waals surface area contributed by atoms with Gasteiger partial charge in [-0.25, -0.2) is 9.78 Å². The first kappa shape index (κ1) is 24.3. The van der Waals surface area contributed by atoms with Crippen molar-refractivity contribution in [1.29, 1.82) is 0 Å². The van der Waals surface area contributed by atoms with Crippen LogP contribution in [0.2, 0.25) is 0 Å². The van der Waals surface area contributed by atoms with Gasteiger partial charge in [0.1, 0.15) is 12.6 Å². The van der Waals surface area contributed by atoms with Crippen LogP contribution in [-0.4, -0.2) is 51.0 Å². The summed E-state index contributed by atoms with van der Waals surface area (Å²) in [5.41, 5.74) is 3.06. The van der Waals surface area contributed by atoms with E-state index in [9.17, 15) is 14.4 Å². The van der Waals surface area contributed by atoms with Gasteiger partial charge in [-0.05, 0) is 37.5 Å². The third-order valence-electron chi connectivity index (χ3n) is 6.03. The first-order valence-corrected chi connectivity index (χ1v) is 13.7. The number of ether oxygens (including phenoxy) is 1. The minimum Gasteiger partial charge on any atom is -0.445 e. The number of nitrogens with one attached hydrogen (secondary N) is 2. The predicted octanol–water partition coefficient (Wildman–Crippen LogP) is 4.74. The molecule has 0 bridgehead atoms. The number of thiazole rings is 1. The van der Waals surface area contributed by atoms with E-state index < -0.39 is 12.1 Å². The van der Waals surface area contributed by atoms with Gasteiger partial charge in [0.05, 0.1) is 11.1 Å². The third-order valence-corrected chi connectivity index (χ3v) is 8.01. The number of amides is 3. The Hall–Kier alpha value is -3.37. The highest BCUT2D eigenvalue weighted by Gasteiger charge is 2.40. The van der Waals surface area contributed by atoms with Gasteiger partial charge in [-0.3, -0.25) is 14.5 Å². The monoisotopic (exact) mass is 522 g/mol. The van der Waals surface area contributed by atoms with Crippen LogP contribution < -0.4 is 10.6 Å². The molecule has 2 N–H and O–H groups in total. The summed E-state index contributed by atoms with van der Waals surface area (Å²) in [4.78, 5) is 44.1. The van der Waals surface area contributed by atoms with Crippen LogP contribution in [0, 0.1) is 0 Å². The Morgan fingerprint density at radius 1 is 1.08 bits per heavy atom. The SMILES string of the molecule is CC1SC[C@@H](C(=O)Nc2nc(-c3ccc(C(=O)NC4CC4)cc3)cs2)N1C(=O)OCc1ccccc1. The highest BCUT2D eigenvalue weighted by atomic mass is 32.2. The Morgan fingerprint density at radius 2 is 1.83 bits per heavy atom. The van der Waals surface area contributed by atoms with Gasteiger partial charge in [-0.15, -0.1) is 23.1 Å². The lowest BCUT2D eigenvalue weighted by molar-refractivity contribution is -0.120. The van der Waals surface area contributed by atoms with E-state index in [1.54, 1.807) is 12.1 Å².